The zero-order chi connectivity index (χ0) is 33.2. The topological polar surface area (TPSA) is 106 Å². The average Bonchev–Trinajstić information content (AvgIpc) is 3.45. The van der Waals surface area contributed by atoms with Crippen molar-refractivity contribution in [1.29, 1.82) is 0 Å². The Morgan fingerprint density at radius 2 is 0.939 bits per heavy atom. The summed E-state index contributed by atoms with van der Waals surface area (Å²) < 4.78 is 26.8. The van der Waals surface area contributed by atoms with Crippen molar-refractivity contribution < 1.29 is 18.9 Å². The van der Waals surface area contributed by atoms with Gasteiger partial charge in [0.2, 0.25) is 17.7 Å². The summed E-state index contributed by atoms with van der Waals surface area (Å²) in [5, 5.41) is 2.00. The van der Waals surface area contributed by atoms with Crippen molar-refractivity contribution in [1.82, 2.24) is 29.5 Å². The van der Waals surface area contributed by atoms with Crippen molar-refractivity contribution >= 4 is 21.8 Å². The first-order chi connectivity index (χ1) is 24.1. The number of benzene rings is 4. The van der Waals surface area contributed by atoms with Crippen LogP contribution in [0.2, 0.25) is 0 Å². The average molecular weight is 645 g/mol. The summed E-state index contributed by atoms with van der Waals surface area (Å²) in [5.41, 5.74) is 3.64. The van der Waals surface area contributed by atoms with E-state index < -0.39 is 0 Å². The van der Waals surface area contributed by atoms with E-state index in [1.807, 2.05) is 128 Å². The van der Waals surface area contributed by atoms with Gasteiger partial charge in [-0.1, -0.05) is 24.3 Å². The van der Waals surface area contributed by atoms with Crippen LogP contribution in [0.25, 0.3) is 27.8 Å². The summed E-state index contributed by atoms with van der Waals surface area (Å²) in [4.78, 5) is 21.6. The molecule has 49 heavy (non-hydrogen) atoms. The first-order valence-electron chi connectivity index (χ1n) is 15.5. The highest BCUT2D eigenvalue weighted by Crippen LogP contribution is 2.38. The van der Waals surface area contributed by atoms with Crippen LogP contribution in [-0.4, -0.2) is 29.5 Å². The standard InChI is InChI=1S/C39H28N6O4/c1-25-9-11-29(21-35(25)48-37-7-3-5-17-41-37)46-27-13-15-31-32-16-14-28(20-34(32)45(33(31)19-27)39-43-23-40-24-44-39)47-30-12-10-26(2)36(22-30)49-38-8-4-6-18-42-38/h3-24H,1-2H3. The predicted molar refractivity (Wildman–Crippen MR) is 185 cm³/mol. The fourth-order valence-electron chi connectivity index (χ4n) is 5.49. The van der Waals surface area contributed by atoms with Crippen molar-refractivity contribution in [3.63, 3.8) is 0 Å². The summed E-state index contributed by atoms with van der Waals surface area (Å²) in [6.45, 7) is 3.96. The van der Waals surface area contributed by atoms with Crippen LogP contribution < -0.4 is 18.9 Å². The highest BCUT2D eigenvalue weighted by Gasteiger charge is 2.17. The number of aromatic nitrogens is 6. The molecular formula is C39H28N6O4. The van der Waals surface area contributed by atoms with E-state index in [-0.39, 0.29) is 0 Å². The van der Waals surface area contributed by atoms with Crippen LogP contribution >= 0.6 is 0 Å². The lowest BCUT2D eigenvalue weighted by Crippen LogP contribution is -2.01. The van der Waals surface area contributed by atoms with Gasteiger partial charge in [-0.15, -0.1) is 0 Å². The minimum atomic E-state index is 0.465. The van der Waals surface area contributed by atoms with E-state index in [0.29, 0.717) is 52.2 Å². The summed E-state index contributed by atoms with van der Waals surface area (Å²) in [7, 11) is 0. The molecule has 4 heterocycles. The summed E-state index contributed by atoms with van der Waals surface area (Å²) >= 11 is 0. The van der Waals surface area contributed by atoms with Gasteiger partial charge in [-0.25, -0.2) is 24.9 Å². The molecule has 8 aromatic rings. The van der Waals surface area contributed by atoms with Gasteiger partial charge in [0, 0.05) is 59.6 Å². The third-order valence-corrected chi connectivity index (χ3v) is 7.89. The number of ether oxygens (including phenoxy) is 4. The van der Waals surface area contributed by atoms with Gasteiger partial charge >= 0.3 is 0 Å². The van der Waals surface area contributed by atoms with E-state index in [1.54, 1.807) is 12.4 Å². The molecule has 0 spiro atoms. The predicted octanol–water partition coefficient (Wildman–Crippen LogP) is 9.54. The number of pyridine rings is 2. The number of hydrogen-bond acceptors (Lipinski definition) is 9. The fraction of sp³-hybridized carbons (Fsp3) is 0.0513. The molecule has 238 valence electrons. The van der Waals surface area contributed by atoms with Crippen LogP contribution in [-0.2, 0) is 0 Å². The molecule has 0 aliphatic carbocycles. The molecule has 0 fully saturated rings. The molecular weight excluding hydrogens is 616 g/mol. The lowest BCUT2D eigenvalue weighted by Gasteiger charge is -2.12. The van der Waals surface area contributed by atoms with Crippen LogP contribution in [0.1, 0.15) is 11.1 Å². The fourth-order valence-corrected chi connectivity index (χ4v) is 5.49. The summed E-state index contributed by atoms with van der Waals surface area (Å²) in [5.74, 6) is 5.32. The van der Waals surface area contributed by atoms with Gasteiger partial charge in [0.1, 0.15) is 47.2 Å². The third kappa shape index (κ3) is 6.18. The van der Waals surface area contributed by atoms with E-state index in [9.17, 15) is 0 Å². The highest BCUT2D eigenvalue weighted by molar-refractivity contribution is 6.09. The molecule has 10 nitrogen and oxygen atoms in total. The van der Waals surface area contributed by atoms with Crippen molar-refractivity contribution in [2.24, 2.45) is 0 Å². The van der Waals surface area contributed by atoms with Gasteiger partial charge in [0.15, 0.2) is 0 Å². The number of hydrogen-bond donors (Lipinski definition) is 0. The molecule has 0 radical (unpaired) electrons. The lowest BCUT2D eigenvalue weighted by atomic mass is 10.1. The smallest absolute Gasteiger partial charge is 0.237 e. The van der Waals surface area contributed by atoms with Crippen LogP contribution in [0.5, 0.6) is 46.3 Å². The maximum Gasteiger partial charge on any atom is 0.237 e. The van der Waals surface area contributed by atoms with Gasteiger partial charge in [0.25, 0.3) is 0 Å². The molecule has 0 saturated carbocycles. The molecule has 0 atom stereocenters. The van der Waals surface area contributed by atoms with Crippen molar-refractivity contribution in [3.05, 3.63) is 145 Å². The van der Waals surface area contributed by atoms with E-state index in [1.165, 1.54) is 12.7 Å². The molecule has 0 aliphatic heterocycles. The second-order valence-corrected chi connectivity index (χ2v) is 11.2. The minimum Gasteiger partial charge on any atom is -0.457 e. The normalized spacial score (nSPS) is 11.1. The summed E-state index contributed by atoms with van der Waals surface area (Å²) in [6, 6.07) is 34.4. The molecule has 0 bridgehead atoms. The SMILES string of the molecule is Cc1ccc(Oc2ccc3c4ccc(Oc5ccc(C)c(Oc6ccccn6)c5)cc4n(-c4ncncn4)c3c2)cc1Oc1ccccn1. The zero-order valence-electron chi connectivity index (χ0n) is 26.5. The first-order valence-corrected chi connectivity index (χ1v) is 15.5. The Kier molecular flexibility index (Phi) is 7.71. The summed E-state index contributed by atoms with van der Waals surface area (Å²) in [6.07, 6.45) is 6.34. The van der Waals surface area contributed by atoms with E-state index in [0.717, 1.165) is 32.9 Å². The first kappa shape index (κ1) is 29.6. The van der Waals surface area contributed by atoms with E-state index in [4.69, 9.17) is 18.9 Å². The molecule has 0 unspecified atom stereocenters. The maximum atomic E-state index is 6.36. The highest BCUT2D eigenvalue weighted by atomic mass is 16.5. The van der Waals surface area contributed by atoms with E-state index in [2.05, 4.69) is 24.9 Å². The Balaban J connectivity index is 1.15. The molecule has 0 aliphatic rings. The van der Waals surface area contributed by atoms with Gasteiger partial charge < -0.3 is 18.9 Å². The zero-order valence-corrected chi connectivity index (χ0v) is 26.5. The van der Waals surface area contributed by atoms with E-state index >= 15 is 0 Å². The van der Waals surface area contributed by atoms with Crippen molar-refractivity contribution in [3.8, 4) is 52.2 Å². The second kappa shape index (κ2) is 12.8. The molecule has 10 heteroatoms. The Labute approximate surface area is 281 Å². The number of rotatable bonds is 9. The Hall–Kier alpha value is -6.81. The van der Waals surface area contributed by atoms with Crippen molar-refractivity contribution in [2.75, 3.05) is 0 Å². The largest absolute Gasteiger partial charge is 0.457 e. The lowest BCUT2D eigenvalue weighted by molar-refractivity contribution is 0.446. The van der Waals surface area contributed by atoms with Crippen molar-refractivity contribution in [2.45, 2.75) is 13.8 Å². The van der Waals surface area contributed by atoms with Gasteiger partial charge in [-0.05, 0) is 73.5 Å². The quantitative estimate of drug-likeness (QED) is 0.152. The molecule has 0 N–H and O–H groups in total. The Bertz CT molecular complexity index is 2270. The number of fused-ring (bicyclic) bond motifs is 3. The van der Waals surface area contributed by atoms with Gasteiger partial charge in [-0.3, -0.25) is 4.57 Å². The third-order valence-electron chi connectivity index (χ3n) is 7.89. The molecule has 0 amide bonds. The van der Waals surface area contributed by atoms with Crippen LogP contribution in [0.4, 0.5) is 0 Å². The van der Waals surface area contributed by atoms with Crippen LogP contribution in [0.3, 0.4) is 0 Å². The van der Waals surface area contributed by atoms with Crippen LogP contribution in [0, 0.1) is 13.8 Å². The van der Waals surface area contributed by atoms with Crippen LogP contribution in [0.15, 0.2) is 134 Å². The minimum absolute atomic E-state index is 0.465. The maximum absolute atomic E-state index is 6.36. The second-order valence-electron chi connectivity index (χ2n) is 11.2. The monoisotopic (exact) mass is 644 g/mol. The molecule has 0 saturated heterocycles. The molecule has 4 aromatic heterocycles. The molecule has 4 aromatic carbocycles. The Morgan fingerprint density at radius 3 is 1.41 bits per heavy atom. The molecule has 8 rings (SSSR count). The van der Waals surface area contributed by atoms with Gasteiger partial charge in [-0.2, -0.15) is 0 Å². The number of aryl methyl sites for hydroxylation is 2. The Morgan fingerprint density at radius 1 is 0.469 bits per heavy atom. The number of nitrogens with zero attached hydrogens (tertiary/aromatic N) is 6. The van der Waals surface area contributed by atoms with Gasteiger partial charge in [0.05, 0.1) is 11.0 Å².